The molecule has 0 radical (unpaired) electrons. The summed E-state index contributed by atoms with van der Waals surface area (Å²) < 4.78 is 5.43. The Morgan fingerprint density at radius 1 is 1.23 bits per heavy atom. The van der Waals surface area contributed by atoms with Gasteiger partial charge < -0.3 is 14.5 Å². The molecule has 140 valence electrons. The molecule has 1 fully saturated rings. The third-order valence-corrected chi connectivity index (χ3v) is 5.32. The van der Waals surface area contributed by atoms with E-state index in [1.807, 2.05) is 29.2 Å². The van der Waals surface area contributed by atoms with Crippen LogP contribution in [0.4, 0.5) is 15.6 Å². The lowest BCUT2D eigenvalue weighted by molar-refractivity contribution is 0.208. The lowest BCUT2D eigenvalue weighted by atomic mass is 10.2. The van der Waals surface area contributed by atoms with E-state index in [1.54, 1.807) is 7.11 Å². The number of aryl methyl sites for hydroxylation is 1. The first-order valence-corrected chi connectivity index (χ1v) is 9.79. The molecule has 0 saturated carbocycles. The maximum Gasteiger partial charge on any atom is 0.323 e. The number of hydrogen-bond donors (Lipinski definition) is 1. The van der Waals surface area contributed by atoms with E-state index in [4.69, 9.17) is 4.74 Å². The summed E-state index contributed by atoms with van der Waals surface area (Å²) in [4.78, 5) is 16.5. The number of benzene rings is 1. The second-order valence-corrected chi connectivity index (χ2v) is 7.24. The maximum atomic E-state index is 12.5. The predicted octanol–water partition coefficient (Wildman–Crippen LogP) is 3.24. The van der Waals surface area contributed by atoms with Gasteiger partial charge in [-0.25, -0.2) is 4.79 Å². The zero-order chi connectivity index (χ0) is 18.4. The third kappa shape index (κ3) is 4.43. The van der Waals surface area contributed by atoms with Gasteiger partial charge in [0, 0.05) is 32.6 Å². The fourth-order valence-electron chi connectivity index (χ4n) is 2.95. The van der Waals surface area contributed by atoms with E-state index in [2.05, 4.69) is 27.3 Å². The van der Waals surface area contributed by atoms with Crippen molar-refractivity contribution in [3.8, 4) is 5.75 Å². The molecule has 2 heterocycles. The van der Waals surface area contributed by atoms with Crippen LogP contribution < -0.4 is 15.0 Å². The second-order valence-electron chi connectivity index (χ2n) is 6.18. The quantitative estimate of drug-likeness (QED) is 0.839. The highest BCUT2D eigenvalue weighted by Crippen LogP contribution is 2.28. The highest BCUT2D eigenvalue weighted by atomic mass is 32.1. The van der Waals surface area contributed by atoms with Crippen LogP contribution in [-0.4, -0.2) is 54.4 Å². The standard InChI is InChI=1S/C18H25N5O2S/c1-3-4-9-16-20-21-17(26-16)19-18(24)23-12-10-22(11-13-23)14-7-5-6-8-15(14)25-2/h5-8H,3-4,9-13H2,1-2H3,(H,19,21,24). The number of unbranched alkanes of at least 4 members (excludes halogenated alkanes) is 1. The van der Waals surface area contributed by atoms with Crippen LogP contribution in [-0.2, 0) is 6.42 Å². The van der Waals surface area contributed by atoms with Crippen LogP contribution in [0.3, 0.4) is 0 Å². The summed E-state index contributed by atoms with van der Waals surface area (Å²) in [5.74, 6) is 0.860. The SMILES string of the molecule is CCCCc1nnc(NC(=O)N2CCN(c3ccccc3OC)CC2)s1. The Bertz CT molecular complexity index is 728. The number of para-hydroxylation sites is 2. The number of urea groups is 1. The van der Waals surface area contributed by atoms with Crippen LogP contribution in [0.5, 0.6) is 5.75 Å². The number of nitrogens with one attached hydrogen (secondary N) is 1. The molecule has 0 unspecified atom stereocenters. The van der Waals surface area contributed by atoms with Gasteiger partial charge in [0.25, 0.3) is 0 Å². The zero-order valence-electron chi connectivity index (χ0n) is 15.3. The predicted molar refractivity (Wildman–Crippen MR) is 104 cm³/mol. The van der Waals surface area contributed by atoms with Crippen molar-refractivity contribution in [2.75, 3.05) is 43.5 Å². The van der Waals surface area contributed by atoms with Crippen molar-refractivity contribution in [1.29, 1.82) is 0 Å². The average molecular weight is 375 g/mol. The largest absolute Gasteiger partial charge is 0.495 e. The molecule has 2 amide bonds. The molecule has 1 aliphatic heterocycles. The van der Waals surface area contributed by atoms with Gasteiger partial charge in [-0.1, -0.05) is 36.8 Å². The number of ether oxygens (including phenoxy) is 1. The second kappa shape index (κ2) is 8.84. The Kier molecular flexibility index (Phi) is 6.27. The number of hydrogen-bond acceptors (Lipinski definition) is 6. The molecule has 7 nitrogen and oxygen atoms in total. The number of carbonyl (C=O) groups excluding carboxylic acids is 1. The summed E-state index contributed by atoms with van der Waals surface area (Å²) in [6.45, 7) is 5.00. The number of carbonyl (C=O) groups is 1. The first-order valence-electron chi connectivity index (χ1n) is 8.97. The van der Waals surface area contributed by atoms with Crippen LogP contribution >= 0.6 is 11.3 Å². The van der Waals surface area contributed by atoms with Gasteiger partial charge in [-0.15, -0.1) is 10.2 Å². The molecule has 0 spiro atoms. The van der Waals surface area contributed by atoms with Crippen LogP contribution in [0.2, 0.25) is 0 Å². The molecule has 8 heteroatoms. The van der Waals surface area contributed by atoms with Crippen LogP contribution in [0.1, 0.15) is 24.8 Å². The lowest BCUT2D eigenvalue weighted by Gasteiger charge is -2.36. The Morgan fingerprint density at radius 3 is 2.73 bits per heavy atom. The maximum absolute atomic E-state index is 12.5. The van der Waals surface area contributed by atoms with Crippen molar-refractivity contribution in [2.45, 2.75) is 26.2 Å². The fraction of sp³-hybridized carbons (Fsp3) is 0.500. The molecule has 0 bridgehead atoms. The normalized spacial score (nSPS) is 14.4. The lowest BCUT2D eigenvalue weighted by Crippen LogP contribution is -2.50. The van der Waals surface area contributed by atoms with Crippen LogP contribution in [0.15, 0.2) is 24.3 Å². The number of nitrogens with zero attached hydrogens (tertiary/aromatic N) is 4. The highest BCUT2D eigenvalue weighted by Gasteiger charge is 2.23. The van der Waals surface area contributed by atoms with E-state index < -0.39 is 0 Å². The molecule has 3 rings (SSSR count). The molecular formula is C18H25N5O2S. The fourth-order valence-corrected chi connectivity index (χ4v) is 3.72. The number of aromatic nitrogens is 2. The Labute approximate surface area is 158 Å². The molecule has 1 N–H and O–H groups in total. The number of anilines is 2. The summed E-state index contributed by atoms with van der Waals surface area (Å²) in [5.41, 5.74) is 1.07. The Balaban J connectivity index is 1.53. The molecule has 0 aliphatic carbocycles. The topological polar surface area (TPSA) is 70.6 Å². The van der Waals surface area contributed by atoms with Gasteiger partial charge in [0.1, 0.15) is 10.8 Å². The molecule has 0 atom stereocenters. The first-order chi connectivity index (χ1) is 12.7. The van der Waals surface area contributed by atoms with E-state index in [9.17, 15) is 4.79 Å². The number of piperazine rings is 1. The molecule has 1 aromatic carbocycles. The number of methoxy groups -OCH3 is 1. The molecule has 1 aliphatic rings. The number of amides is 2. The minimum Gasteiger partial charge on any atom is -0.495 e. The summed E-state index contributed by atoms with van der Waals surface area (Å²) in [6.07, 6.45) is 3.13. The molecular weight excluding hydrogens is 350 g/mol. The zero-order valence-corrected chi connectivity index (χ0v) is 16.1. The Hall–Kier alpha value is -2.35. The van der Waals surface area contributed by atoms with Crippen molar-refractivity contribution in [3.05, 3.63) is 29.3 Å². The van der Waals surface area contributed by atoms with E-state index in [-0.39, 0.29) is 6.03 Å². The summed E-state index contributed by atoms with van der Waals surface area (Å²) in [5, 5.41) is 12.6. The van der Waals surface area contributed by atoms with Gasteiger partial charge in [0.2, 0.25) is 5.13 Å². The van der Waals surface area contributed by atoms with Crippen molar-refractivity contribution < 1.29 is 9.53 Å². The van der Waals surface area contributed by atoms with Crippen molar-refractivity contribution in [1.82, 2.24) is 15.1 Å². The van der Waals surface area contributed by atoms with Gasteiger partial charge in [-0.05, 0) is 18.6 Å². The van der Waals surface area contributed by atoms with Gasteiger partial charge in [-0.2, -0.15) is 0 Å². The summed E-state index contributed by atoms with van der Waals surface area (Å²) in [7, 11) is 1.68. The first kappa shape index (κ1) is 18.4. The van der Waals surface area contributed by atoms with Crippen molar-refractivity contribution in [3.63, 3.8) is 0 Å². The van der Waals surface area contributed by atoms with Crippen LogP contribution in [0, 0.1) is 0 Å². The van der Waals surface area contributed by atoms with Crippen molar-refractivity contribution in [2.24, 2.45) is 0 Å². The molecule has 1 aromatic heterocycles. The van der Waals surface area contributed by atoms with E-state index in [1.165, 1.54) is 11.3 Å². The van der Waals surface area contributed by atoms with Crippen molar-refractivity contribution >= 4 is 28.2 Å². The molecule has 26 heavy (non-hydrogen) atoms. The van der Waals surface area contributed by atoms with Gasteiger partial charge in [0.15, 0.2) is 0 Å². The number of rotatable bonds is 6. The highest BCUT2D eigenvalue weighted by molar-refractivity contribution is 7.15. The monoisotopic (exact) mass is 375 g/mol. The van der Waals surface area contributed by atoms with Crippen LogP contribution in [0.25, 0.3) is 0 Å². The minimum absolute atomic E-state index is 0.108. The average Bonchev–Trinajstić information content (AvgIpc) is 3.13. The third-order valence-electron chi connectivity index (χ3n) is 4.42. The van der Waals surface area contributed by atoms with Gasteiger partial charge >= 0.3 is 6.03 Å². The minimum atomic E-state index is -0.108. The smallest absolute Gasteiger partial charge is 0.323 e. The van der Waals surface area contributed by atoms with Gasteiger partial charge in [-0.3, -0.25) is 5.32 Å². The molecule has 2 aromatic rings. The van der Waals surface area contributed by atoms with E-state index in [0.29, 0.717) is 18.2 Å². The summed E-state index contributed by atoms with van der Waals surface area (Å²) in [6, 6.07) is 7.86. The Morgan fingerprint density at radius 2 is 2.00 bits per heavy atom. The van der Waals surface area contributed by atoms with E-state index >= 15 is 0 Å². The summed E-state index contributed by atoms with van der Waals surface area (Å²) >= 11 is 1.46. The van der Waals surface area contributed by atoms with Gasteiger partial charge in [0.05, 0.1) is 12.8 Å². The van der Waals surface area contributed by atoms with E-state index in [0.717, 1.165) is 48.8 Å². The molecule has 1 saturated heterocycles.